The highest BCUT2D eigenvalue weighted by molar-refractivity contribution is 4.92. The van der Waals surface area contributed by atoms with Crippen molar-refractivity contribution in [2.75, 3.05) is 6.54 Å². The average molecular weight is 195 g/mol. The van der Waals surface area contributed by atoms with E-state index >= 15 is 0 Å². The molecule has 2 aliphatic rings. The predicted octanol–water partition coefficient (Wildman–Crippen LogP) is 3.20. The maximum atomic E-state index is 3.76. The van der Waals surface area contributed by atoms with E-state index in [9.17, 15) is 0 Å². The highest BCUT2D eigenvalue weighted by Gasteiger charge is 2.40. The van der Waals surface area contributed by atoms with Gasteiger partial charge in [0.25, 0.3) is 0 Å². The molecule has 0 aliphatic heterocycles. The topological polar surface area (TPSA) is 12.0 Å². The second kappa shape index (κ2) is 4.65. The van der Waals surface area contributed by atoms with E-state index in [-0.39, 0.29) is 0 Å². The van der Waals surface area contributed by atoms with Crippen LogP contribution in [-0.4, -0.2) is 12.6 Å². The van der Waals surface area contributed by atoms with Gasteiger partial charge in [-0.3, -0.25) is 0 Å². The van der Waals surface area contributed by atoms with Gasteiger partial charge in [0, 0.05) is 6.04 Å². The molecule has 0 radical (unpaired) electrons. The molecule has 0 aromatic carbocycles. The molecule has 0 aromatic heterocycles. The lowest BCUT2D eigenvalue weighted by molar-refractivity contribution is 0.347. The summed E-state index contributed by atoms with van der Waals surface area (Å²) < 4.78 is 0. The fraction of sp³-hybridized carbons (Fsp3) is 1.00. The third-order valence-corrected chi connectivity index (χ3v) is 4.08. The molecule has 2 rings (SSSR count). The van der Waals surface area contributed by atoms with Gasteiger partial charge in [0.05, 0.1) is 0 Å². The monoisotopic (exact) mass is 195 g/mol. The van der Waals surface area contributed by atoms with Crippen LogP contribution < -0.4 is 5.32 Å². The first-order valence-electron chi connectivity index (χ1n) is 6.58. The van der Waals surface area contributed by atoms with E-state index in [0.717, 1.165) is 23.8 Å². The molecule has 0 amide bonds. The van der Waals surface area contributed by atoms with Crippen molar-refractivity contribution >= 4 is 0 Å². The number of hydrogen-bond acceptors (Lipinski definition) is 1. The quantitative estimate of drug-likeness (QED) is 0.658. The molecule has 0 saturated heterocycles. The van der Waals surface area contributed by atoms with Gasteiger partial charge in [-0.15, -0.1) is 0 Å². The molecule has 1 nitrogen and oxygen atoms in total. The zero-order chi connectivity index (χ0) is 9.97. The summed E-state index contributed by atoms with van der Waals surface area (Å²) in [6, 6.07) is 0.773. The van der Waals surface area contributed by atoms with Crippen LogP contribution >= 0.6 is 0 Å². The lowest BCUT2D eigenvalue weighted by Gasteiger charge is -2.21. The molecular formula is C13H25N. The van der Waals surface area contributed by atoms with E-state index in [1.807, 2.05) is 0 Å². The van der Waals surface area contributed by atoms with Crippen molar-refractivity contribution < 1.29 is 0 Å². The predicted molar refractivity (Wildman–Crippen MR) is 61.3 cm³/mol. The van der Waals surface area contributed by atoms with Gasteiger partial charge in [0.2, 0.25) is 0 Å². The molecule has 2 fully saturated rings. The number of hydrogen-bond donors (Lipinski definition) is 1. The summed E-state index contributed by atoms with van der Waals surface area (Å²) in [6.07, 6.45) is 8.66. The Kier molecular flexibility index (Phi) is 3.48. The van der Waals surface area contributed by atoms with Crippen LogP contribution in [0.5, 0.6) is 0 Å². The largest absolute Gasteiger partial charge is 0.314 e. The minimum absolute atomic E-state index is 0.773. The first-order chi connectivity index (χ1) is 6.85. The van der Waals surface area contributed by atoms with Crippen LogP contribution in [0.1, 0.15) is 52.4 Å². The summed E-state index contributed by atoms with van der Waals surface area (Å²) in [5.74, 6) is 3.24. The Morgan fingerprint density at radius 3 is 1.86 bits per heavy atom. The van der Waals surface area contributed by atoms with Gasteiger partial charge in [0.15, 0.2) is 0 Å². The molecule has 1 heteroatoms. The van der Waals surface area contributed by atoms with Crippen molar-refractivity contribution in [2.24, 2.45) is 17.8 Å². The number of nitrogens with one attached hydrogen (secondary N) is 1. The summed E-state index contributed by atoms with van der Waals surface area (Å²) in [5, 5.41) is 3.76. The third-order valence-electron chi connectivity index (χ3n) is 4.08. The molecule has 14 heavy (non-hydrogen) atoms. The van der Waals surface area contributed by atoms with Gasteiger partial charge in [-0.25, -0.2) is 0 Å². The van der Waals surface area contributed by atoms with Gasteiger partial charge in [0.1, 0.15) is 0 Å². The molecule has 2 aliphatic carbocycles. The van der Waals surface area contributed by atoms with Crippen LogP contribution in [0.25, 0.3) is 0 Å². The fourth-order valence-corrected chi connectivity index (χ4v) is 2.65. The zero-order valence-corrected chi connectivity index (χ0v) is 9.76. The van der Waals surface area contributed by atoms with Crippen molar-refractivity contribution in [3.8, 4) is 0 Å². The smallest absolute Gasteiger partial charge is 0.00619 e. The second-order valence-electron chi connectivity index (χ2n) is 5.26. The first kappa shape index (κ1) is 10.5. The SMILES string of the molecule is CCC(CC)NCC(C1CC1)C1CC1. The average Bonchev–Trinajstić information content (AvgIpc) is 3.03. The lowest BCUT2D eigenvalue weighted by Crippen LogP contribution is -2.33. The Labute approximate surface area is 88.7 Å². The summed E-state index contributed by atoms with van der Waals surface area (Å²) >= 11 is 0. The zero-order valence-electron chi connectivity index (χ0n) is 9.76. The Morgan fingerprint density at radius 2 is 1.50 bits per heavy atom. The van der Waals surface area contributed by atoms with Crippen LogP contribution in [0, 0.1) is 17.8 Å². The Balaban J connectivity index is 1.70. The van der Waals surface area contributed by atoms with Crippen LogP contribution in [0.15, 0.2) is 0 Å². The van der Waals surface area contributed by atoms with E-state index in [4.69, 9.17) is 0 Å². The summed E-state index contributed by atoms with van der Waals surface area (Å²) in [6.45, 7) is 5.90. The molecule has 0 atom stereocenters. The normalized spacial score (nSPS) is 22.3. The Bertz CT molecular complexity index is 154. The lowest BCUT2D eigenvalue weighted by atomic mass is 9.97. The molecule has 0 bridgehead atoms. The molecule has 82 valence electrons. The van der Waals surface area contributed by atoms with Gasteiger partial charge in [-0.1, -0.05) is 13.8 Å². The van der Waals surface area contributed by atoms with E-state index in [1.165, 1.54) is 45.1 Å². The van der Waals surface area contributed by atoms with Gasteiger partial charge in [-0.2, -0.15) is 0 Å². The summed E-state index contributed by atoms with van der Waals surface area (Å²) in [4.78, 5) is 0. The van der Waals surface area contributed by atoms with Crippen LogP contribution in [0.2, 0.25) is 0 Å². The Hall–Kier alpha value is -0.0400. The molecule has 0 unspecified atom stereocenters. The molecule has 2 saturated carbocycles. The minimum Gasteiger partial charge on any atom is -0.314 e. The van der Waals surface area contributed by atoms with Gasteiger partial charge >= 0.3 is 0 Å². The highest BCUT2D eigenvalue weighted by atomic mass is 14.9. The highest BCUT2D eigenvalue weighted by Crippen LogP contribution is 2.48. The fourth-order valence-electron chi connectivity index (χ4n) is 2.65. The van der Waals surface area contributed by atoms with Gasteiger partial charge < -0.3 is 5.32 Å². The van der Waals surface area contributed by atoms with E-state index in [0.29, 0.717) is 0 Å². The minimum atomic E-state index is 0.773. The van der Waals surface area contributed by atoms with Crippen molar-refractivity contribution in [1.82, 2.24) is 5.32 Å². The van der Waals surface area contributed by atoms with Crippen LogP contribution in [-0.2, 0) is 0 Å². The van der Waals surface area contributed by atoms with Crippen LogP contribution in [0.4, 0.5) is 0 Å². The molecule has 0 spiro atoms. The van der Waals surface area contributed by atoms with Crippen LogP contribution in [0.3, 0.4) is 0 Å². The van der Waals surface area contributed by atoms with Crippen molar-refractivity contribution in [3.05, 3.63) is 0 Å². The standard InChI is InChI=1S/C13H25N/c1-3-12(4-2)14-9-13(10-5-6-10)11-7-8-11/h10-14H,3-9H2,1-2H3. The maximum absolute atomic E-state index is 3.76. The molecule has 0 aromatic rings. The maximum Gasteiger partial charge on any atom is 0.00619 e. The third kappa shape index (κ3) is 2.73. The van der Waals surface area contributed by atoms with E-state index in [2.05, 4.69) is 19.2 Å². The van der Waals surface area contributed by atoms with Crippen molar-refractivity contribution in [1.29, 1.82) is 0 Å². The molecule has 0 heterocycles. The van der Waals surface area contributed by atoms with Crippen molar-refractivity contribution in [3.63, 3.8) is 0 Å². The van der Waals surface area contributed by atoms with E-state index < -0.39 is 0 Å². The van der Waals surface area contributed by atoms with E-state index in [1.54, 1.807) is 0 Å². The molecule has 1 N–H and O–H groups in total. The van der Waals surface area contributed by atoms with Gasteiger partial charge in [-0.05, 0) is 62.8 Å². The summed E-state index contributed by atoms with van der Waals surface area (Å²) in [5.41, 5.74) is 0. The Morgan fingerprint density at radius 1 is 1.00 bits per heavy atom. The van der Waals surface area contributed by atoms with Crippen molar-refractivity contribution in [2.45, 2.75) is 58.4 Å². The summed E-state index contributed by atoms with van der Waals surface area (Å²) in [7, 11) is 0. The second-order valence-corrected chi connectivity index (χ2v) is 5.26. The molecular weight excluding hydrogens is 170 g/mol. The number of rotatable bonds is 7. The first-order valence-corrected chi connectivity index (χ1v) is 6.58.